The molecule has 3 nitrogen and oxygen atoms in total. The Morgan fingerprint density at radius 1 is 1.50 bits per heavy atom. The summed E-state index contributed by atoms with van der Waals surface area (Å²) in [5.74, 6) is 1.05. The van der Waals surface area contributed by atoms with Gasteiger partial charge in [-0.2, -0.15) is 0 Å². The third-order valence-electron chi connectivity index (χ3n) is 3.32. The Kier molecular flexibility index (Phi) is 5.41. The molecule has 0 saturated carbocycles. The monoisotopic (exact) mass is 362 g/mol. The third kappa shape index (κ3) is 3.00. The highest BCUT2D eigenvalue weighted by Crippen LogP contribution is 2.28. The van der Waals surface area contributed by atoms with Crippen molar-refractivity contribution in [3.05, 3.63) is 28.2 Å². The molecule has 1 aromatic carbocycles. The minimum Gasteiger partial charge on any atom is -0.383 e. The van der Waals surface area contributed by atoms with Crippen LogP contribution in [-0.2, 0) is 11.2 Å². The van der Waals surface area contributed by atoms with E-state index < -0.39 is 0 Å². The van der Waals surface area contributed by atoms with Crippen LogP contribution in [0.4, 0.5) is 4.39 Å². The van der Waals surface area contributed by atoms with E-state index in [-0.39, 0.29) is 11.9 Å². The molecule has 0 aliphatic heterocycles. The molecular formula is C14H17BrClFN2O. The molecule has 0 spiro atoms. The first kappa shape index (κ1) is 15.7. The van der Waals surface area contributed by atoms with Gasteiger partial charge in [0.05, 0.1) is 28.2 Å². The van der Waals surface area contributed by atoms with Crippen LogP contribution in [0.25, 0.3) is 11.0 Å². The fourth-order valence-corrected chi connectivity index (χ4v) is 2.88. The summed E-state index contributed by atoms with van der Waals surface area (Å²) in [6.45, 7) is 2.69. The van der Waals surface area contributed by atoms with Gasteiger partial charge in [-0.25, -0.2) is 9.37 Å². The number of nitrogens with zero attached hydrogens (tertiary/aromatic N) is 2. The van der Waals surface area contributed by atoms with Gasteiger partial charge in [0.1, 0.15) is 11.6 Å². The maximum Gasteiger partial charge on any atom is 0.139 e. The summed E-state index contributed by atoms with van der Waals surface area (Å²) in [6, 6.07) is 3.39. The van der Waals surface area contributed by atoms with Crippen molar-refractivity contribution in [2.45, 2.75) is 25.8 Å². The number of fused-ring (bicyclic) bond motifs is 1. The van der Waals surface area contributed by atoms with Crippen LogP contribution in [-0.4, -0.2) is 29.1 Å². The molecule has 2 aromatic rings. The number of aromatic nitrogens is 2. The smallest absolute Gasteiger partial charge is 0.139 e. The van der Waals surface area contributed by atoms with Gasteiger partial charge < -0.3 is 9.30 Å². The quantitative estimate of drug-likeness (QED) is 0.715. The molecule has 1 aromatic heterocycles. The summed E-state index contributed by atoms with van der Waals surface area (Å²) in [4.78, 5) is 4.52. The Morgan fingerprint density at radius 3 is 2.85 bits per heavy atom. The topological polar surface area (TPSA) is 27.1 Å². The van der Waals surface area contributed by atoms with Crippen molar-refractivity contribution in [2.24, 2.45) is 0 Å². The first-order valence-electron chi connectivity index (χ1n) is 6.53. The van der Waals surface area contributed by atoms with E-state index in [1.165, 1.54) is 6.07 Å². The van der Waals surface area contributed by atoms with Crippen LogP contribution in [0, 0.1) is 5.82 Å². The highest BCUT2D eigenvalue weighted by Gasteiger charge is 2.19. The second-order valence-corrected chi connectivity index (χ2v) is 5.84. The van der Waals surface area contributed by atoms with Crippen molar-refractivity contribution in [1.82, 2.24) is 9.55 Å². The fourth-order valence-electron chi connectivity index (χ4n) is 2.38. The standard InChI is InChI=1S/C14H17BrClFN2O/c1-3-9(8-20-2)19-13-6-10(15)11(17)7-12(13)18-14(19)4-5-16/h6-7,9H,3-5,8H2,1-2H3. The predicted molar refractivity (Wildman–Crippen MR) is 83.0 cm³/mol. The minimum absolute atomic E-state index is 0.167. The molecule has 0 fully saturated rings. The van der Waals surface area contributed by atoms with E-state index in [1.807, 2.05) is 0 Å². The van der Waals surface area contributed by atoms with Crippen LogP contribution in [0.2, 0.25) is 0 Å². The normalized spacial score (nSPS) is 13.1. The van der Waals surface area contributed by atoms with Crippen LogP contribution < -0.4 is 0 Å². The Balaban J connectivity index is 2.63. The number of imidazole rings is 1. The van der Waals surface area contributed by atoms with Gasteiger partial charge in [-0.15, -0.1) is 11.6 Å². The lowest BCUT2D eigenvalue weighted by Gasteiger charge is -2.19. The SMILES string of the molecule is CCC(COC)n1c(CCCl)nc2cc(F)c(Br)cc21. The number of benzene rings is 1. The molecule has 0 saturated heterocycles. The van der Waals surface area contributed by atoms with Crippen LogP contribution in [0.3, 0.4) is 0 Å². The van der Waals surface area contributed by atoms with Crippen LogP contribution >= 0.6 is 27.5 Å². The zero-order chi connectivity index (χ0) is 14.7. The number of hydrogen-bond donors (Lipinski definition) is 0. The first-order valence-corrected chi connectivity index (χ1v) is 7.85. The maximum atomic E-state index is 13.7. The lowest BCUT2D eigenvalue weighted by molar-refractivity contribution is 0.153. The van der Waals surface area contributed by atoms with Gasteiger partial charge in [0, 0.05) is 25.5 Å². The lowest BCUT2D eigenvalue weighted by Crippen LogP contribution is -2.17. The van der Waals surface area contributed by atoms with E-state index in [9.17, 15) is 4.39 Å². The Morgan fingerprint density at radius 2 is 2.25 bits per heavy atom. The number of ether oxygens (including phenoxy) is 1. The largest absolute Gasteiger partial charge is 0.383 e. The van der Waals surface area contributed by atoms with E-state index in [0.717, 1.165) is 17.8 Å². The molecule has 1 heterocycles. The highest BCUT2D eigenvalue weighted by molar-refractivity contribution is 9.10. The van der Waals surface area contributed by atoms with Gasteiger partial charge in [0.15, 0.2) is 0 Å². The van der Waals surface area contributed by atoms with E-state index in [1.54, 1.807) is 13.2 Å². The van der Waals surface area contributed by atoms with Gasteiger partial charge >= 0.3 is 0 Å². The zero-order valence-electron chi connectivity index (χ0n) is 11.5. The lowest BCUT2D eigenvalue weighted by atomic mass is 10.2. The summed E-state index contributed by atoms with van der Waals surface area (Å²) < 4.78 is 21.5. The number of halogens is 3. The van der Waals surface area contributed by atoms with E-state index >= 15 is 0 Å². The van der Waals surface area contributed by atoms with Crippen molar-refractivity contribution in [2.75, 3.05) is 19.6 Å². The van der Waals surface area contributed by atoms with E-state index in [0.29, 0.717) is 28.9 Å². The molecule has 0 aliphatic carbocycles. The molecule has 0 radical (unpaired) electrons. The summed E-state index contributed by atoms with van der Waals surface area (Å²) in [7, 11) is 1.68. The molecular weight excluding hydrogens is 347 g/mol. The number of aryl methyl sites for hydroxylation is 1. The van der Waals surface area contributed by atoms with Gasteiger partial charge in [-0.3, -0.25) is 0 Å². The van der Waals surface area contributed by atoms with Crippen molar-refractivity contribution in [3.63, 3.8) is 0 Å². The van der Waals surface area contributed by atoms with Gasteiger partial charge in [-0.1, -0.05) is 6.92 Å². The minimum atomic E-state index is -0.306. The number of hydrogen-bond acceptors (Lipinski definition) is 2. The molecule has 1 unspecified atom stereocenters. The van der Waals surface area contributed by atoms with Gasteiger partial charge in [0.25, 0.3) is 0 Å². The molecule has 0 aliphatic rings. The van der Waals surface area contributed by atoms with E-state index in [4.69, 9.17) is 16.3 Å². The second-order valence-electron chi connectivity index (χ2n) is 4.61. The zero-order valence-corrected chi connectivity index (χ0v) is 13.8. The number of methoxy groups -OCH3 is 1. The molecule has 2 rings (SSSR count). The van der Waals surface area contributed by atoms with Crippen LogP contribution in [0.15, 0.2) is 16.6 Å². The summed E-state index contributed by atoms with van der Waals surface area (Å²) >= 11 is 9.09. The summed E-state index contributed by atoms with van der Waals surface area (Å²) in [5.41, 5.74) is 1.56. The average Bonchev–Trinajstić information content (AvgIpc) is 2.74. The molecule has 110 valence electrons. The first-order chi connectivity index (χ1) is 9.62. The second kappa shape index (κ2) is 6.87. The van der Waals surface area contributed by atoms with Crippen molar-refractivity contribution in [3.8, 4) is 0 Å². The molecule has 0 N–H and O–H groups in total. The fraction of sp³-hybridized carbons (Fsp3) is 0.500. The Hall–Kier alpha value is -0.650. The van der Waals surface area contributed by atoms with Gasteiger partial charge in [0.2, 0.25) is 0 Å². The predicted octanol–water partition coefficient (Wildman–Crippen LogP) is 4.32. The Labute approximate surface area is 131 Å². The van der Waals surface area contributed by atoms with Crippen molar-refractivity contribution < 1.29 is 9.13 Å². The maximum absolute atomic E-state index is 13.7. The van der Waals surface area contributed by atoms with Crippen molar-refractivity contribution >= 4 is 38.6 Å². The van der Waals surface area contributed by atoms with Crippen LogP contribution in [0.5, 0.6) is 0 Å². The van der Waals surface area contributed by atoms with Gasteiger partial charge in [-0.05, 0) is 28.4 Å². The molecule has 0 amide bonds. The van der Waals surface area contributed by atoms with Crippen LogP contribution in [0.1, 0.15) is 25.2 Å². The summed E-state index contributed by atoms with van der Waals surface area (Å²) in [5, 5.41) is 0. The van der Waals surface area contributed by atoms with Crippen molar-refractivity contribution in [1.29, 1.82) is 0 Å². The molecule has 6 heteroatoms. The molecule has 1 atom stereocenters. The molecule has 20 heavy (non-hydrogen) atoms. The number of rotatable bonds is 6. The number of alkyl halides is 1. The average molecular weight is 364 g/mol. The highest BCUT2D eigenvalue weighted by atomic mass is 79.9. The molecule has 0 bridgehead atoms. The van der Waals surface area contributed by atoms with E-state index in [2.05, 4.69) is 32.4 Å². The third-order valence-corrected chi connectivity index (χ3v) is 4.11. The summed E-state index contributed by atoms with van der Waals surface area (Å²) in [6.07, 6.45) is 1.55. The Bertz CT molecular complexity index is 602.